The highest BCUT2D eigenvalue weighted by Crippen LogP contribution is 2.24. The predicted molar refractivity (Wildman–Crippen MR) is 79.1 cm³/mol. The third kappa shape index (κ3) is 5.89. The van der Waals surface area contributed by atoms with E-state index >= 15 is 0 Å². The zero-order valence-electron chi connectivity index (χ0n) is 12.1. The van der Waals surface area contributed by atoms with Crippen LogP contribution in [-0.4, -0.2) is 30.9 Å². The largest absolute Gasteiger partial charge is 0.490 e. The Bertz CT molecular complexity index is 452. The van der Waals surface area contributed by atoms with Crippen LogP contribution in [0.3, 0.4) is 0 Å². The lowest BCUT2D eigenvalue weighted by Gasteiger charge is -2.12. The monoisotopic (exact) mass is 278 g/mol. The number of carbonyl (C=O) groups is 1. The average Bonchev–Trinajstić information content (AvgIpc) is 2.42. The molecule has 0 radical (unpaired) electrons. The van der Waals surface area contributed by atoms with Crippen molar-refractivity contribution in [1.82, 2.24) is 0 Å². The molecule has 0 aliphatic rings. The average molecular weight is 278 g/mol. The first-order chi connectivity index (χ1) is 9.65. The first-order valence-corrected chi connectivity index (χ1v) is 6.86. The molecule has 0 atom stereocenters. The molecule has 0 amide bonds. The maximum Gasteiger partial charge on any atom is 0.328 e. The second-order valence-electron chi connectivity index (χ2n) is 4.48. The van der Waals surface area contributed by atoms with Crippen LogP contribution in [0, 0.1) is 6.92 Å². The van der Waals surface area contributed by atoms with Crippen LogP contribution in [0.1, 0.15) is 30.9 Å². The quantitative estimate of drug-likeness (QED) is 0.556. The Kier molecular flexibility index (Phi) is 7.43. The van der Waals surface area contributed by atoms with Gasteiger partial charge in [0, 0.05) is 18.2 Å². The number of ether oxygens (including phenoxy) is 2. The van der Waals surface area contributed by atoms with Gasteiger partial charge in [-0.15, -0.1) is 0 Å². The molecule has 0 aliphatic heterocycles. The second kappa shape index (κ2) is 9.15. The third-order valence-electron chi connectivity index (χ3n) is 2.76. The zero-order chi connectivity index (χ0) is 14.8. The summed E-state index contributed by atoms with van der Waals surface area (Å²) < 4.78 is 11.1. The summed E-state index contributed by atoms with van der Waals surface area (Å²) in [4.78, 5) is 10.6. The van der Waals surface area contributed by atoms with Crippen LogP contribution in [0.5, 0.6) is 5.75 Å². The fourth-order valence-corrected chi connectivity index (χ4v) is 1.72. The van der Waals surface area contributed by atoms with Crippen molar-refractivity contribution < 1.29 is 19.4 Å². The summed E-state index contributed by atoms with van der Waals surface area (Å²) in [6, 6.07) is 5.65. The normalized spacial score (nSPS) is 10.9. The molecule has 1 aromatic rings. The van der Waals surface area contributed by atoms with Crippen molar-refractivity contribution in [1.29, 1.82) is 0 Å². The summed E-state index contributed by atoms with van der Waals surface area (Å²) >= 11 is 0. The molecule has 0 unspecified atom stereocenters. The lowest BCUT2D eigenvalue weighted by molar-refractivity contribution is -0.131. The Morgan fingerprint density at radius 2 is 2.10 bits per heavy atom. The summed E-state index contributed by atoms with van der Waals surface area (Å²) in [7, 11) is 0. The van der Waals surface area contributed by atoms with E-state index in [0.29, 0.717) is 19.0 Å². The standard InChI is InChI=1S/C16H22O4/c1-3-4-10-19-11-12-20-16-13(2)6-5-7-14(16)8-9-15(17)18/h5-9H,3-4,10-12H2,1-2H3,(H,17,18)/b9-8+. The molecule has 4 heteroatoms. The highest BCUT2D eigenvalue weighted by molar-refractivity contribution is 5.86. The molecule has 0 heterocycles. The van der Waals surface area contributed by atoms with E-state index < -0.39 is 5.97 Å². The van der Waals surface area contributed by atoms with Crippen LogP contribution in [0.2, 0.25) is 0 Å². The first-order valence-electron chi connectivity index (χ1n) is 6.86. The second-order valence-corrected chi connectivity index (χ2v) is 4.48. The minimum Gasteiger partial charge on any atom is -0.490 e. The summed E-state index contributed by atoms with van der Waals surface area (Å²) in [5.41, 5.74) is 1.74. The number of aliphatic carboxylic acids is 1. The highest BCUT2D eigenvalue weighted by Gasteiger charge is 2.05. The lowest BCUT2D eigenvalue weighted by Crippen LogP contribution is -2.08. The number of para-hydroxylation sites is 1. The van der Waals surface area contributed by atoms with Crippen molar-refractivity contribution in [2.45, 2.75) is 26.7 Å². The fraction of sp³-hybridized carbons (Fsp3) is 0.438. The SMILES string of the molecule is CCCCOCCOc1c(C)cccc1/C=C/C(=O)O. The van der Waals surface area contributed by atoms with Crippen LogP contribution >= 0.6 is 0 Å². The maximum absolute atomic E-state index is 10.6. The number of hydrogen-bond acceptors (Lipinski definition) is 3. The van der Waals surface area contributed by atoms with Crippen LogP contribution in [-0.2, 0) is 9.53 Å². The third-order valence-corrected chi connectivity index (χ3v) is 2.76. The first kappa shape index (κ1) is 16.2. The highest BCUT2D eigenvalue weighted by atomic mass is 16.5. The van der Waals surface area contributed by atoms with Crippen LogP contribution in [0.4, 0.5) is 0 Å². The fourth-order valence-electron chi connectivity index (χ4n) is 1.72. The lowest BCUT2D eigenvalue weighted by atomic mass is 10.1. The molecule has 0 spiro atoms. The van der Waals surface area contributed by atoms with Gasteiger partial charge in [0.25, 0.3) is 0 Å². The zero-order valence-corrected chi connectivity index (χ0v) is 12.1. The molecule has 20 heavy (non-hydrogen) atoms. The van der Waals surface area contributed by atoms with Gasteiger partial charge in [-0.05, 0) is 25.0 Å². The Morgan fingerprint density at radius 1 is 1.30 bits per heavy atom. The number of rotatable bonds is 9. The molecule has 0 saturated carbocycles. The van der Waals surface area contributed by atoms with Crippen molar-refractivity contribution in [2.24, 2.45) is 0 Å². The number of benzene rings is 1. The van der Waals surface area contributed by atoms with Crippen molar-refractivity contribution in [3.8, 4) is 5.75 Å². The van der Waals surface area contributed by atoms with E-state index in [1.807, 2.05) is 25.1 Å². The molecule has 0 saturated heterocycles. The number of hydrogen-bond donors (Lipinski definition) is 1. The Labute approximate surface area is 120 Å². The van der Waals surface area contributed by atoms with Crippen molar-refractivity contribution in [3.05, 3.63) is 35.4 Å². The molecule has 1 aromatic carbocycles. The molecular formula is C16H22O4. The van der Waals surface area contributed by atoms with Crippen LogP contribution < -0.4 is 4.74 Å². The van der Waals surface area contributed by atoms with E-state index in [4.69, 9.17) is 14.6 Å². The summed E-state index contributed by atoms with van der Waals surface area (Å²) in [6.45, 7) is 5.80. The molecule has 0 bridgehead atoms. The Morgan fingerprint density at radius 3 is 2.80 bits per heavy atom. The van der Waals surface area contributed by atoms with E-state index in [1.54, 1.807) is 6.08 Å². The Hall–Kier alpha value is -1.81. The summed E-state index contributed by atoms with van der Waals surface area (Å²) in [5.74, 6) is -0.260. The van der Waals surface area contributed by atoms with E-state index in [-0.39, 0.29) is 0 Å². The summed E-state index contributed by atoms with van der Waals surface area (Å²) in [5, 5.41) is 8.68. The number of unbranched alkanes of at least 4 members (excludes halogenated alkanes) is 1. The van der Waals surface area contributed by atoms with Gasteiger partial charge in [0.15, 0.2) is 0 Å². The van der Waals surface area contributed by atoms with E-state index in [9.17, 15) is 4.79 Å². The van der Waals surface area contributed by atoms with Crippen molar-refractivity contribution in [2.75, 3.05) is 19.8 Å². The molecule has 1 N–H and O–H groups in total. The maximum atomic E-state index is 10.6. The van der Waals surface area contributed by atoms with Gasteiger partial charge in [-0.2, -0.15) is 0 Å². The van der Waals surface area contributed by atoms with Gasteiger partial charge < -0.3 is 14.6 Å². The van der Waals surface area contributed by atoms with Gasteiger partial charge in [0.2, 0.25) is 0 Å². The molecule has 0 aliphatic carbocycles. The number of aryl methyl sites for hydroxylation is 1. The van der Waals surface area contributed by atoms with Gasteiger partial charge in [0.1, 0.15) is 12.4 Å². The minimum atomic E-state index is -0.972. The predicted octanol–water partition coefficient (Wildman–Crippen LogP) is 3.29. The van der Waals surface area contributed by atoms with Gasteiger partial charge in [-0.1, -0.05) is 31.5 Å². The van der Waals surface area contributed by atoms with Gasteiger partial charge in [-0.25, -0.2) is 4.79 Å². The summed E-state index contributed by atoms with van der Waals surface area (Å²) in [6.07, 6.45) is 4.82. The molecular weight excluding hydrogens is 256 g/mol. The van der Waals surface area contributed by atoms with E-state index in [2.05, 4.69) is 6.92 Å². The number of carboxylic acids is 1. The topological polar surface area (TPSA) is 55.8 Å². The minimum absolute atomic E-state index is 0.461. The molecule has 0 fully saturated rings. The van der Waals surface area contributed by atoms with Gasteiger partial charge in [0.05, 0.1) is 6.61 Å². The smallest absolute Gasteiger partial charge is 0.328 e. The number of carboxylic acid groups (broad SMARTS) is 1. The molecule has 1 rings (SSSR count). The van der Waals surface area contributed by atoms with Crippen molar-refractivity contribution >= 4 is 12.0 Å². The van der Waals surface area contributed by atoms with Crippen molar-refractivity contribution in [3.63, 3.8) is 0 Å². The Balaban J connectivity index is 2.57. The molecule has 0 aromatic heterocycles. The van der Waals surface area contributed by atoms with Gasteiger partial charge in [-0.3, -0.25) is 0 Å². The van der Waals surface area contributed by atoms with Crippen LogP contribution in [0.25, 0.3) is 6.08 Å². The molecule has 4 nitrogen and oxygen atoms in total. The molecule has 110 valence electrons. The van der Waals surface area contributed by atoms with Gasteiger partial charge >= 0.3 is 5.97 Å². The van der Waals surface area contributed by atoms with E-state index in [0.717, 1.165) is 36.7 Å². The van der Waals surface area contributed by atoms with E-state index in [1.165, 1.54) is 0 Å². The van der Waals surface area contributed by atoms with Crippen LogP contribution in [0.15, 0.2) is 24.3 Å².